The molecule has 0 spiro atoms. The molecule has 0 unspecified atom stereocenters. The summed E-state index contributed by atoms with van der Waals surface area (Å²) in [6.45, 7) is 10.8. The Labute approximate surface area is 236 Å². The number of fused-ring (bicyclic) bond motifs is 1. The van der Waals surface area contributed by atoms with Gasteiger partial charge < -0.3 is 10.6 Å². The van der Waals surface area contributed by atoms with Gasteiger partial charge in [-0.2, -0.15) is 0 Å². The third kappa shape index (κ3) is 5.43. The van der Waals surface area contributed by atoms with Gasteiger partial charge in [0.25, 0.3) is 0 Å². The third-order valence-corrected chi connectivity index (χ3v) is 7.10. The SMILES string of the molecule is C=C/C(N=C(C)c1ccc(-c2ccc(-c3nc4ccccc4c(N)c3N3C=CC=CC3)cc2)cc1)=C(C)\C=C/C. The normalized spacial score (nSPS) is 14.2. The van der Waals surface area contributed by atoms with Crippen molar-refractivity contribution >= 4 is 28.0 Å². The van der Waals surface area contributed by atoms with Gasteiger partial charge in [-0.25, -0.2) is 4.98 Å². The molecule has 1 aliphatic rings. The molecule has 2 heterocycles. The summed E-state index contributed by atoms with van der Waals surface area (Å²) < 4.78 is 0. The fourth-order valence-corrected chi connectivity index (χ4v) is 4.95. The lowest BCUT2D eigenvalue weighted by Gasteiger charge is -2.26. The Kier molecular flexibility index (Phi) is 7.88. The van der Waals surface area contributed by atoms with Crippen LogP contribution in [-0.4, -0.2) is 17.2 Å². The van der Waals surface area contributed by atoms with Crippen molar-refractivity contribution in [2.24, 2.45) is 4.99 Å². The number of benzene rings is 3. The molecule has 0 saturated carbocycles. The first-order chi connectivity index (χ1) is 19.5. The maximum Gasteiger partial charge on any atom is 0.0967 e. The topological polar surface area (TPSA) is 54.5 Å². The van der Waals surface area contributed by atoms with Crippen molar-refractivity contribution in [2.75, 3.05) is 17.2 Å². The largest absolute Gasteiger partial charge is 0.396 e. The van der Waals surface area contributed by atoms with Gasteiger partial charge in [-0.15, -0.1) is 0 Å². The Morgan fingerprint density at radius 2 is 1.60 bits per heavy atom. The maximum absolute atomic E-state index is 6.76. The second-order valence-corrected chi connectivity index (χ2v) is 9.79. The standard InChI is InChI=1S/C36H34N4/c1-5-12-25(3)32(6-2)38-26(4)27-15-17-28(18-16-27)29-19-21-30(22-20-29)35-36(40-23-10-7-11-24-40)34(37)31-13-8-9-14-33(31)39-35/h5-23H,2,24H2,1,3-4H3,(H2,37,39)/b12-5-,32-25+,38-26?. The predicted molar refractivity (Wildman–Crippen MR) is 173 cm³/mol. The van der Waals surface area contributed by atoms with Crippen LogP contribution in [0.3, 0.4) is 0 Å². The molecule has 0 atom stereocenters. The summed E-state index contributed by atoms with van der Waals surface area (Å²) in [5.74, 6) is 0. The molecule has 0 fully saturated rings. The van der Waals surface area contributed by atoms with E-state index in [9.17, 15) is 0 Å². The van der Waals surface area contributed by atoms with E-state index in [2.05, 4.69) is 72.3 Å². The number of aromatic nitrogens is 1. The summed E-state index contributed by atoms with van der Waals surface area (Å²) in [5.41, 5.74) is 17.5. The van der Waals surface area contributed by atoms with Crippen molar-refractivity contribution in [3.8, 4) is 22.4 Å². The molecule has 40 heavy (non-hydrogen) atoms. The van der Waals surface area contributed by atoms with Crippen molar-refractivity contribution in [3.05, 3.63) is 139 Å². The van der Waals surface area contributed by atoms with Crippen LogP contribution in [0.25, 0.3) is 33.3 Å². The van der Waals surface area contributed by atoms with E-state index in [1.807, 2.05) is 69.3 Å². The first-order valence-corrected chi connectivity index (χ1v) is 13.5. The van der Waals surface area contributed by atoms with Crippen molar-refractivity contribution in [1.82, 2.24) is 4.98 Å². The average molecular weight is 523 g/mol. The van der Waals surface area contributed by atoms with Crippen molar-refractivity contribution in [3.63, 3.8) is 0 Å². The molecule has 4 nitrogen and oxygen atoms in total. The van der Waals surface area contributed by atoms with Gasteiger partial charge in [-0.1, -0.05) is 97.6 Å². The lowest BCUT2D eigenvalue weighted by molar-refractivity contribution is 1.07. The summed E-state index contributed by atoms with van der Waals surface area (Å²) in [5, 5.41) is 0.965. The number of hydrogen-bond donors (Lipinski definition) is 1. The first kappa shape index (κ1) is 26.6. The molecular weight excluding hydrogens is 488 g/mol. The summed E-state index contributed by atoms with van der Waals surface area (Å²) >= 11 is 0. The second kappa shape index (κ2) is 11.8. The number of rotatable bonds is 7. The van der Waals surface area contributed by atoms with Crippen LogP contribution < -0.4 is 10.6 Å². The van der Waals surface area contributed by atoms with Crippen molar-refractivity contribution in [2.45, 2.75) is 20.8 Å². The van der Waals surface area contributed by atoms with Gasteiger partial charge in [0.15, 0.2) is 0 Å². The molecule has 2 N–H and O–H groups in total. The van der Waals surface area contributed by atoms with Crippen molar-refractivity contribution < 1.29 is 0 Å². The number of pyridine rings is 1. The summed E-state index contributed by atoms with van der Waals surface area (Å²) in [7, 11) is 0. The third-order valence-electron chi connectivity index (χ3n) is 7.10. The van der Waals surface area contributed by atoms with Gasteiger partial charge in [-0.3, -0.25) is 4.99 Å². The van der Waals surface area contributed by atoms with Crippen LogP contribution in [0.2, 0.25) is 0 Å². The second-order valence-electron chi connectivity index (χ2n) is 9.79. The molecule has 3 aromatic carbocycles. The number of anilines is 2. The van der Waals surface area contributed by atoms with Gasteiger partial charge in [0, 0.05) is 29.4 Å². The molecule has 0 radical (unpaired) electrons. The lowest BCUT2D eigenvalue weighted by atomic mass is 9.99. The number of hydrogen-bond acceptors (Lipinski definition) is 4. The van der Waals surface area contributed by atoms with Gasteiger partial charge in [-0.05, 0) is 61.3 Å². The Morgan fingerprint density at radius 1 is 0.925 bits per heavy atom. The monoisotopic (exact) mass is 522 g/mol. The number of nitrogen functional groups attached to an aromatic ring is 1. The zero-order valence-electron chi connectivity index (χ0n) is 23.3. The highest BCUT2D eigenvalue weighted by atomic mass is 15.1. The quantitative estimate of drug-likeness (QED) is 0.195. The van der Waals surface area contributed by atoms with Gasteiger partial charge in [0.05, 0.1) is 28.3 Å². The van der Waals surface area contributed by atoms with Crippen LogP contribution in [0.1, 0.15) is 26.3 Å². The minimum atomic E-state index is 0.743. The minimum Gasteiger partial charge on any atom is -0.396 e. The van der Waals surface area contributed by atoms with Crippen LogP contribution in [0.4, 0.5) is 11.4 Å². The number of nitrogens with zero attached hydrogens (tertiary/aromatic N) is 3. The van der Waals surface area contributed by atoms with Crippen LogP contribution >= 0.6 is 0 Å². The molecule has 4 aromatic rings. The molecule has 0 saturated heterocycles. The Morgan fingerprint density at radius 3 is 2.25 bits per heavy atom. The molecule has 1 aliphatic heterocycles. The highest BCUT2D eigenvalue weighted by Crippen LogP contribution is 2.40. The molecule has 0 amide bonds. The molecule has 198 valence electrons. The van der Waals surface area contributed by atoms with Gasteiger partial charge in [0.2, 0.25) is 0 Å². The van der Waals surface area contributed by atoms with E-state index in [0.29, 0.717) is 0 Å². The van der Waals surface area contributed by atoms with Crippen molar-refractivity contribution in [1.29, 1.82) is 0 Å². The van der Waals surface area contributed by atoms with Crippen LogP contribution in [-0.2, 0) is 0 Å². The van der Waals surface area contributed by atoms with E-state index in [4.69, 9.17) is 15.7 Å². The first-order valence-electron chi connectivity index (χ1n) is 13.5. The fraction of sp³-hybridized carbons (Fsp3) is 0.111. The van der Waals surface area contributed by atoms with E-state index in [-0.39, 0.29) is 0 Å². The molecule has 5 rings (SSSR count). The summed E-state index contributed by atoms with van der Waals surface area (Å²) in [6.07, 6.45) is 14.1. The van der Waals surface area contributed by atoms with E-state index < -0.39 is 0 Å². The molecule has 0 aliphatic carbocycles. The van der Waals surface area contributed by atoms with Gasteiger partial charge >= 0.3 is 0 Å². The number of allylic oxidation sites excluding steroid dienone is 6. The zero-order chi connectivity index (χ0) is 28.1. The molecule has 4 heteroatoms. The molecule has 1 aromatic heterocycles. The number of para-hydroxylation sites is 1. The highest BCUT2D eigenvalue weighted by Gasteiger charge is 2.19. The van der Waals surface area contributed by atoms with Gasteiger partial charge in [0.1, 0.15) is 0 Å². The Bertz CT molecular complexity index is 1700. The summed E-state index contributed by atoms with van der Waals surface area (Å²) in [4.78, 5) is 12.0. The summed E-state index contributed by atoms with van der Waals surface area (Å²) in [6, 6.07) is 25.1. The minimum absolute atomic E-state index is 0.743. The fourth-order valence-electron chi connectivity index (χ4n) is 4.95. The molecule has 0 bridgehead atoms. The van der Waals surface area contributed by atoms with Crippen LogP contribution in [0, 0.1) is 0 Å². The predicted octanol–water partition coefficient (Wildman–Crippen LogP) is 8.89. The number of nitrogens with two attached hydrogens (primary N) is 1. The van der Waals surface area contributed by atoms with E-state index in [1.165, 1.54) is 0 Å². The number of aliphatic imine (C=N–C) groups is 1. The maximum atomic E-state index is 6.76. The van der Waals surface area contributed by atoms with E-state index in [1.54, 1.807) is 6.08 Å². The zero-order valence-corrected chi connectivity index (χ0v) is 23.3. The highest BCUT2D eigenvalue weighted by molar-refractivity contribution is 6.03. The van der Waals surface area contributed by atoms with E-state index in [0.717, 1.165) is 73.8 Å². The Hall–Kier alpha value is -4.96. The smallest absolute Gasteiger partial charge is 0.0967 e. The van der Waals surface area contributed by atoms with Crippen LogP contribution in [0.15, 0.2) is 138 Å². The van der Waals surface area contributed by atoms with Crippen LogP contribution in [0.5, 0.6) is 0 Å². The average Bonchev–Trinajstić information content (AvgIpc) is 3.00. The lowest BCUT2D eigenvalue weighted by Crippen LogP contribution is -2.20. The molecular formula is C36H34N4. The Balaban J connectivity index is 1.47. The van der Waals surface area contributed by atoms with E-state index >= 15 is 0 Å².